The highest BCUT2D eigenvalue weighted by Gasteiger charge is 2.29. The number of methoxy groups -OCH3 is 1. The quantitative estimate of drug-likeness (QED) is 0.257. The van der Waals surface area contributed by atoms with Gasteiger partial charge >= 0.3 is 6.03 Å². The van der Waals surface area contributed by atoms with E-state index >= 15 is 0 Å². The average molecular weight is 474 g/mol. The summed E-state index contributed by atoms with van der Waals surface area (Å²) in [5.41, 5.74) is 2.97. The normalized spacial score (nSPS) is 15.1. The Hall–Kier alpha value is -4.32. The van der Waals surface area contributed by atoms with Crippen LogP contribution in [-0.2, 0) is 11.3 Å². The average Bonchev–Trinajstić information content (AvgIpc) is 3.51. The number of amidine groups is 1. The van der Waals surface area contributed by atoms with E-state index in [1.165, 1.54) is 0 Å². The van der Waals surface area contributed by atoms with Crippen molar-refractivity contribution in [2.24, 2.45) is 0 Å². The first-order valence-electron chi connectivity index (χ1n) is 11.4. The number of ether oxygens (including phenoxy) is 1. The first kappa shape index (κ1) is 23.8. The van der Waals surface area contributed by atoms with Crippen LogP contribution in [0, 0.1) is 17.3 Å². The van der Waals surface area contributed by atoms with E-state index in [4.69, 9.17) is 10.1 Å². The number of likely N-dealkylation sites (tertiary alicyclic amines) is 1. The van der Waals surface area contributed by atoms with Gasteiger partial charge in [0.2, 0.25) is 6.41 Å². The molecule has 0 spiro atoms. The Morgan fingerprint density at radius 3 is 2.63 bits per heavy atom. The van der Waals surface area contributed by atoms with E-state index in [1.54, 1.807) is 24.1 Å². The third-order valence-electron chi connectivity index (χ3n) is 6.07. The van der Waals surface area contributed by atoms with E-state index in [2.05, 4.69) is 22.1 Å². The molecule has 0 aliphatic carbocycles. The molecule has 0 saturated carbocycles. The van der Waals surface area contributed by atoms with Crippen molar-refractivity contribution in [1.82, 2.24) is 20.4 Å². The van der Waals surface area contributed by atoms with Crippen LogP contribution in [0.2, 0.25) is 0 Å². The number of benzene rings is 2. The molecule has 9 nitrogen and oxygen atoms in total. The number of fused-ring (bicyclic) bond motifs is 1. The molecule has 0 radical (unpaired) electrons. The van der Waals surface area contributed by atoms with E-state index in [-0.39, 0.29) is 18.9 Å². The number of hydrogen-bond acceptors (Lipinski definition) is 5. The Bertz CT molecular complexity index is 1190. The summed E-state index contributed by atoms with van der Waals surface area (Å²) < 4.78 is 5.22. The van der Waals surface area contributed by atoms with Gasteiger partial charge in [-0.3, -0.25) is 20.3 Å². The van der Waals surface area contributed by atoms with Crippen LogP contribution in [0.25, 0.3) is 0 Å². The minimum atomic E-state index is -0.710. The van der Waals surface area contributed by atoms with Crippen molar-refractivity contribution >= 4 is 24.2 Å². The van der Waals surface area contributed by atoms with Crippen molar-refractivity contribution in [3.05, 3.63) is 64.7 Å². The number of imide groups is 1. The fourth-order valence-electron chi connectivity index (χ4n) is 4.22. The topological polar surface area (TPSA) is 115 Å². The lowest BCUT2D eigenvalue weighted by Crippen LogP contribution is -2.46. The number of carbonyl (C=O) groups excluding carboxylic acids is 3. The number of carbonyl (C=O) groups is 3. The van der Waals surface area contributed by atoms with Crippen molar-refractivity contribution in [1.29, 1.82) is 5.41 Å². The molecule has 2 aliphatic rings. The Balaban J connectivity index is 1.48. The van der Waals surface area contributed by atoms with E-state index in [9.17, 15) is 14.4 Å². The standard InChI is InChI=1S/C26H27N5O4/c1-35-22-11-9-20-15-31(25(33)23(20)14-22)16-21(29-26(34)28-17-32)10-6-18-4-7-19(8-5-18)24(27)30-12-2-3-13-30/h4-5,7-9,11,14,17,21,27H,2-3,12-13,15-16H2,1H3,(H2,28,29,32,34)/t21-/m1/s1. The van der Waals surface area contributed by atoms with Gasteiger partial charge in [-0.15, -0.1) is 0 Å². The van der Waals surface area contributed by atoms with Gasteiger partial charge in [0.15, 0.2) is 0 Å². The van der Waals surface area contributed by atoms with Crippen molar-refractivity contribution in [2.45, 2.75) is 25.4 Å². The summed E-state index contributed by atoms with van der Waals surface area (Å²) >= 11 is 0. The molecular formula is C26H27N5O4. The Labute approximate surface area is 203 Å². The van der Waals surface area contributed by atoms with Gasteiger partial charge in [0, 0.05) is 36.3 Å². The van der Waals surface area contributed by atoms with E-state index in [1.807, 2.05) is 35.6 Å². The molecule has 9 heteroatoms. The zero-order valence-electron chi connectivity index (χ0n) is 19.5. The fraction of sp³-hybridized carbons (Fsp3) is 0.308. The zero-order chi connectivity index (χ0) is 24.8. The van der Waals surface area contributed by atoms with Gasteiger partial charge in [0.05, 0.1) is 13.7 Å². The maximum absolute atomic E-state index is 12.9. The number of hydrogen-bond donors (Lipinski definition) is 3. The van der Waals surface area contributed by atoms with E-state index in [0.717, 1.165) is 37.1 Å². The third-order valence-corrected chi connectivity index (χ3v) is 6.07. The van der Waals surface area contributed by atoms with Crippen LogP contribution >= 0.6 is 0 Å². The van der Waals surface area contributed by atoms with Crippen molar-refractivity contribution in [2.75, 3.05) is 26.7 Å². The van der Waals surface area contributed by atoms with Gasteiger partial charge in [-0.2, -0.15) is 0 Å². The Morgan fingerprint density at radius 1 is 1.20 bits per heavy atom. The molecule has 35 heavy (non-hydrogen) atoms. The highest BCUT2D eigenvalue weighted by molar-refractivity contribution is 5.99. The lowest BCUT2D eigenvalue weighted by Gasteiger charge is -2.21. The molecule has 180 valence electrons. The number of amides is 4. The minimum absolute atomic E-state index is 0.146. The molecule has 0 bridgehead atoms. The maximum atomic E-state index is 12.9. The molecule has 3 N–H and O–H groups in total. The van der Waals surface area contributed by atoms with Crippen LogP contribution in [-0.4, -0.2) is 66.8 Å². The second-order valence-electron chi connectivity index (χ2n) is 8.39. The lowest BCUT2D eigenvalue weighted by molar-refractivity contribution is -0.108. The third kappa shape index (κ3) is 5.61. The molecule has 2 heterocycles. The van der Waals surface area contributed by atoms with Crippen molar-refractivity contribution < 1.29 is 19.1 Å². The second-order valence-corrected chi connectivity index (χ2v) is 8.39. The summed E-state index contributed by atoms with van der Waals surface area (Å²) in [5.74, 6) is 6.97. The second kappa shape index (κ2) is 10.7. The summed E-state index contributed by atoms with van der Waals surface area (Å²) in [4.78, 5) is 39.2. The Kier molecular flexibility index (Phi) is 7.31. The van der Waals surface area contributed by atoms with Crippen LogP contribution < -0.4 is 15.4 Å². The molecule has 2 aliphatic heterocycles. The number of nitrogens with one attached hydrogen (secondary N) is 3. The van der Waals surface area contributed by atoms with Gasteiger partial charge in [-0.1, -0.05) is 30.0 Å². The first-order chi connectivity index (χ1) is 17.0. The van der Waals surface area contributed by atoms with Gasteiger partial charge in [-0.05, 0) is 42.7 Å². The molecule has 1 fully saturated rings. The van der Waals surface area contributed by atoms with E-state index < -0.39 is 12.1 Å². The predicted molar refractivity (Wildman–Crippen MR) is 130 cm³/mol. The molecule has 0 unspecified atom stereocenters. The number of nitrogens with zero attached hydrogens (tertiary/aromatic N) is 2. The van der Waals surface area contributed by atoms with Crippen LogP contribution in [0.15, 0.2) is 42.5 Å². The van der Waals surface area contributed by atoms with Gasteiger partial charge < -0.3 is 19.9 Å². The number of urea groups is 1. The molecule has 1 atom stereocenters. The van der Waals surface area contributed by atoms with E-state index in [0.29, 0.717) is 29.3 Å². The summed E-state index contributed by atoms with van der Waals surface area (Å²) in [7, 11) is 1.54. The molecule has 4 rings (SSSR count). The molecule has 1 saturated heterocycles. The molecule has 4 amide bonds. The molecule has 2 aromatic carbocycles. The summed E-state index contributed by atoms with van der Waals surface area (Å²) in [5, 5.41) is 13.1. The van der Waals surface area contributed by atoms with Crippen molar-refractivity contribution in [3.8, 4) is 17.6 Å². The van der Waals surface area contributed by atoms with Gasteiger partial charge in [0.25, 0.3) is 5.91 Å². The molecule has 2 aromatic rings. The fourth-order valence-corrected chi connectivity index (χ4v) is 4.22. The summed E-state index contributed by atoms with van der Waals surface area (Å²) in [6.45, 7) is 2.35. The van der Waals surface area contributed by atoms with Crippen LogP contribution in [0.3, 0.4) is 0 Å². The lowest BCUT2D eigenvalue weighted by atomic mass is 10.1. The largest absolute Gasteiger partial charge is 0.497 e. The zero-order valence-corrected chi connectivity index (χ0v) is 19.5. The van der Waals surface area contributed by atoms with Crippen LogP contribution in [0.5, 0.6) is 5.75 Å². The molecular weight excluding hydrogens is 446 g/mol. The highest BCUT2D eigenvalue weighted by atomic mass is 16.5. The van der Waals surface area contributed by atoms with Gasteiger partial charge in [0.1, 0.15) is 17.6 Å². The van der Waals surface area contributed by atoms with Gasteiger partial charge in [-0.25, -0.2) is 4.79 Å². The van der Waals surface area contributed by atoms with Crippen molar-refractivity contribution in [3.63, 3.8) is 0 Å². The van der Waals surface area contributed by atoms with Crippen LogP contribution in [0.4, 0.5) is 4.79 Å². The Morgan fingerprint density at radius 2 is 1.94 bits per heavy atom. The summed E-state index contributed by atoms with van der Waals surface area (Å²) in [6, 6.07) is 11.3. The van der Waals surface area contributed by atoms with Crippen LogP contribution in [0.1, 0.15) is 39.9 Å². The number of rotatable bonds is 6. The summed E-state index contributed by atoms with van der Waals surface area (Å²) in [6.07, 6.45) is 2.50. The minimum Gasteiger partial charge on any atom is -0.497 e. The SMILES string of the molecule is COc1ccc2c(c1)C(=O)N(C[C@@H](C#Cc1ccc(C(=N)N3CCCC3)cc1)NC(=O)NC=O)C2. The molecule has 0 aromatic heterocycles. The maximum Gasteiger partial charge on any atom is 0.322 e. The first-order valence-corrected chi connectivity index (χ1v) is 11.4. The highest BCUT2D eigenvalue weighted by Crippen LogP contribution is 2.26. The smallest absolute Gasteiger partial charge is 0.322 e. The predicted octanol–water partition coefficient (Wildman–Crippen LogP) is 1.95. The monoisotopic (exact) mass is 473 g/mol.